The summed E-state index contributed by atoms with van der Waals surface area (Å²) >= 11 is 0. The van der Waals surface area contributed by atoms with Crippen LogP contribution in [0.1, 0.15) is 205 Å². The Bertz CT molecular complexity index is 537. The Hall–Kier alpha value is -1.14. The van der Waals surface area contributed by atoms with E-state index in [0.717, 1.165) is 38.8 Å². The van der Waals surface area contributed by atoms with Crippen LogP contribution < -0.4 is 11.5 Å². The zero-order valence-electron chi connectivity index (χ0n) is 29.2. The van der Waals surface area contributed by atoms with Crippen molar-refractivity contribution in [3.63, 3.8) is 0 Å². The van der Waals surface area contributed by atoms with E-state index in [1.54, 1.807) is 0 Å². The van der Waals surface area contributed by atoms with Gasteiger partial charge in [0.2, 0.25) is 0 Å². The van der Waals surface area contributed by atoms with Gasteiger partial charge in [-0.05, 0) is 38.8 Å². The molecule has 0 unspecified atom stereocenters. The van der Waals surface area contributed by atoms with E-state index in [4.69, 9.17) is 20.9 Å². The molecular weight excluding hydrogens is 548 g/mol. The van der Waals surface area contributed by atoms with E-state index < -0.39 is 0 Å². The molecule has 0 aromatic rings. The second kappa shape index (κ2) is 38.0. The lowest BCUT2D eigenvalue weighted by molar-refractivity contribution is -0.152. The maximum absolute atomic E-state index is 11.9. The van der Waals surface area contributed by atoms with Gasteiger partial charge < -0.3 is 20.9 Å². The minimum atomic E-state index is -0.172. The van der Waals surface area contributed by atoms with Crippen LogP contribution in [0.15, 0.2) is 0 Å². The van der Waals surface area contributed by atoms with Crippen molar-refractivity contribution in [3.8, 4) is 0 Å². The van der Waals surface area contributed by atoms with Gasteiger partial charge in [0.15, 0.2) is 0 Å². The van der Waals surface area contributed by atoms with Crippen molar-refractivity contribution in [2.45, 2.75) is 205 Å². The predicted octanol–water partition coefficient (Wildman–Crippen LogP) is 10.5. The van der Waals surface area contributed by atoms with Crippen molar-refractivity contribution in [2.24, 2.45) is 11.5 Å². The second-order valence-corrected chi connectivity index (χ2v) is 13.1. The Morgan fingerprint density at radius 2 is 0.477 bits per heavy atom. The first-order chi connectivity index (χ1) is 21.7. The molecule has 0 heterocycles. The molecule has 44 heavy (non-hydrogen) atoms. The third-order valence-electron chi connectivity index (χ3n) is 8.78. The van der Waals surface area contributed by atoms with Gasteiger partial charge in [0.25, 0.3) is 0 Å². The van der Waals surface area contributed by atoms with Gasteiger partial charge in [-0.25, -0.2) is 0 Å². The fraction of sp³-hybridized carbons (Fsp3) is 0.947. The molecule has 0 fully saturated rings. The maximum atomic E-state index is 11.9. The second-order valence-electron chi connectivity index (χ2n) is 13.1. The van der Waals surface area contributed by atoms with E-state index in [1.807, 2.05) is 0 Å². The molecule has 0 saturated carbocycles. The lowest BCUT2D eigenvalue weighted by Crippen LogP contribution is -2.13. The largest absolute Gasteiger partial charge is 0.462 e. The molecule has 4 N–H and O–H groups in total. The van der Waals surface area contributed by atoms with Gasteiger partial charge in [-0.1, -0.05) is 167 Å². The fourth-order valence-corrected chi connectivity index (χ4v) is 5.88. The van der Waals surface area contributed by atoms with Gasteiger partial charge in [-0.15, -0.1) is 0 Å². The summed E-state index contributed by atoms with van der Waals surface area (Å²) in [5.74, 6) is -0.344. The van der Waals surface area contributed by atoms with E-state index in [1.165, 1.54) is 167 Å². The molecule has 262 valence electrons. The highest BCUT2D eigenvalue weighted by molar-refractivity contribution is 5.70. The number of carbonyl (C=O) groups is 2. The number of carbonyl (C=O) groups excluding carboxylic acids is 2. The minimum absolute atomic E-state index is 0.172. The standard InChI is InChI=1S/C38H76N2O4/c39-33-29-25-21-17-13-9-5-1-3-7-11-15-19-23-27-31-37(41)43-35-36-44-38(42)32-28-24-20-16-12-8-4-2-6-10-14-18-22-26-30-34-40/h1-36,39-40H2. The molecule has 0 amide bonds. The zero-order chi connectivity index (χ0) is 32.0. The van der Waals surface area contributed by atoms with Crippen molar-refractivity contribution in [2.75, 3.05) is 26.3 Å². The van der Waals surface area contributed by atoms with E-state index in [-0.39, 0.29) is 25.2 Å². The summed E-state index contributed by atoms with van der Waals surface area (Å²) in [6.07, 6.45) is 39.3. The lowest BCUT2D eigenvalue weighted by atomic mass is 10.0. The van der Waals surface area contributed by atoms with Gasteiger partial charge in [0, 0.05) is 12.8 Å². The summed E-state index contributed by atoms with van der Waals surface area (Å²) in [5.41, 5.74) is 11.1. The SMILES string of the molecule is NCCCCCCCCCCCCCCCCCC(=O)OCCOC(=O)CCCCCCCCCCCCCCCCCN. The van der Waals surface area contributed by atoms with Crippen LogP contribution in [0, 0.1) is 0 Å². The number of hydrogen-bond donors (Lipinski definition) is 2. The summed E-state index contributed by atoms with van der Waals surface area (Å²) in [4.78, 5) is 23.8. The van der Waals surface area contributed by atoms with Gasteiger partial charge in [0.05, 0.1) is 0 Å². The highest BCUT2D eigenvalue weighted by Crippen LogP contribution is 2.15. The molecule has 0 radical (unpaired) electrons. The Balaban J connectivity index is 3.25. The minimum Gasteiger partial charge on any atom is -0.462 e. The van der Waals surface area contributed by atoms with Crippen molar-refractivity contribution in [3.05, 3.63) is 0 Å². The number of ether oxygens (including phenoxy) is 2. The Morgan fingerprint density at radius 3 is 0.682 bits per heavy atom. The summed E-state index contributed by atoms with van der Waals surface area (Å²) in [6, 6.07) is 0. The van der Waals surface area contributed by atoms with Crippen LogP contribution in [0.5, 0.6) is 0 Å². The first kappa shape index (κ1) is 42.9. The van der Waals surface area contributed by atoms with Crippen LogP contribution in [0.3, 0.4) is 0 Å². The monoisotopic (exact) mass is 625 g/mol. The van der Waals surface area contributed by atoms with Crippen LogP contribution >= 0.6 is 0 Å². The van der Waals surface area contributed by atoms with Crippen LogP contribution in [0.2, 0.25) is 0 Å². The average molecular weight is 625 g/mol. The van der Waals surface area contributed by atoms with E-state index in [2.05, 4.69) is 0 Å². The number of nitrogens with two attached hydrogens (primary N) is 2. The molecule has 0 aliphatic carbocycles. The fourth-order valence-electron chi connectivity index (χ4n) is 5.88. The Labute approximate surface area is 273 Å². The maximum Gasteiger partial charge on any atom is 0.305 e. The van der Waals surface area contributed by atoms with Crippen molar-refractivity contribution < 1.29 is 19.1 Å². The molecular formula is C38H76N2O4. The molecule has 0 aliphatic rings. The topological polar surface area (TPSA) is 105 Å². The summed E-state index contributed by atoms with van der Waals surface area (Å²) in [6.45, 7) is 2.02. The average Bonchev–Trinajstić information content (AvgIpc) is 3.02. The Kier molecular flexibility index (Phi) is 37.1. The van der Waals surface area contributed by atoms with Crippen molar-refractivity contribution >= 4 is 11.9 Å². The lowest BCUT2D eigenvalue weighted by Gasteiger charge is -2.07. The van der Waals surface area contributed by atoms with Crippen LogP contribution in [-0.4, -0.2) is 38.2 Å². The molecule has 0 aliphatic heterocycles. The van der Waals surface area contributed by atoms with E-state index in [0.29, 0.717) is 12.8 Å². The molecule has 0 spiro atoms. The van der Waals surface area contributed by atoms with Crippen molar-refractivity contribution in [1.82, 2.24) is 0 Å². The number of esters is 2. The number of rotatable bonds is 37. The Morgan fingerprint density at radius 1 is 0.295 bits per heavy atom. The highest BCUT2D eigenvalue weighted by atomic mass is 16.6. The van der Waals surface area contributed by atoms with Gasteiger partial charge in [-0.3, -0.25) is 9.59 Å². The third-order valence-corrected chi connectivity index (χ3v) is 8.78. The quantitative estimate of drug-likeness (QED) is 0.0526. The molecule has 6 heteroatoms. The summed E-state index contributed by atoms with van der Waals surface area (Å²) in [7, 11) is 0. The normalized spacial score (nSPS) is 11.2. The highest BCUT2D eigenvalue weighted by Gasteiger charge is 2.06. The van der Waals surface area contributed by atoms with Crippen LogP contribution in [0.4, 0.5) is 0 Å². The van der Waals surface area contributed by atoms with Gasteiger partial charge in [0.1, 0.15) is 13.2 Å². The smallest absolute Gasteiger partial charge is 0.305 e. The summed E-state index contributed by atoms with van der Waals surface area (Å²) < 4.78 is 10.5. The molecule has 0 atom stereocenters. The molecule has 6 nitrogen and oxygen atoms in total. The first-order valence-corrected chi connectivity index (χ1v) is 19.4. The van der Waals surface area contributed by atoms with Crippen molar-refractivity contribution in [1.29, 1.82) is 0 Å². The van der Waals surface area contributed by atoms with Crippen LogP contribution in [0.25, 0.3) is 0 Å². The third kappa shape index (κ3) is 37.0. The summed E-state index contributed by atoms with van der Waals surface area (Å²) in [5, 5.41) is 0. The van der Waals surface area contributed by atoms with E-state index in [9.17, 15) is 9.59 Å². The molecule has 0 saturated heterocycles. The first-order valence-electron chi connectivity index (χ1n) is 19.4. The number of hydrogen-bond acceptors (Lipinski definition) is 6. The predicted molar refractivity (Wildman–Crippen MR) is 188 cm³/mol. The molecule has 0 aromatic heterocycles. The van der Waals surface area contributed by atoms with E-state index >= 15 is 0 Å². The van der Waals surface area contributed by atoms with Crippen LogP contribution in [-0.2, 0) is 19.1 Å². The number of unbranched alkanes of at least 4 members (excludes halogenated alkanes) is 28. The molecule has 0 bridgehead atoms. The van der Waals surface area contributed by atoms with Gasteiger partial charge >= 0.3 is 11.9 Å². The molecule has 0 aromatic carbocycles. The van der Waals surface area contributed by atoms with Gasteiger partial charge in [-0.2, -0.15) is 0 Å². The molecule has 0 rings (SSSR count). The zero-order valence-corrected chi connectivity index (χ0v) is 29.2.